The van der Waals surface area contributed by atoms with Gasteiger partial charge in [-0.3, -0.25) is 0 Å². The van der Waals surface area contributed by atoms with Gasteiger partial charge in [-0.1, -0.05) is 13.0 Å². The second-order valence-corrected chi connectivity index (χ2v) is 4.58. The van der Waals surface area contributed by atoms with Crippen LogP contribution in [0.2, 0.25) is 0 Å². The molecule has 0 N–H and O–H groups in total. The van der Waals surface area contributed by atoms with Gasteiger partial charge in [0.1, 0.15) is 6.29 Å². The van der Waals surface area contributed by atoms with E-state index in [1.165, 1.54) is 15.3 Å². The van der Waals surface area contributed by atoms with Crippen molar-refractivity contribution in [2.45, 2.75) is 26.2 Å². The Bertz CT molecular complexity index is 475. The molecule has 2 nitrogen and oxygen atoms in total. The van der Waals surface area contributed by atoms with Crippen LogP contribution in [0.25, 0.3) is 10.2 Å². The fourth-order valence-electron chi connectivity index (χ4n) is 1.55. The van der Waals surface area contributed by atoms with Crippen molar-refractivity contribution in [3.8, 4) is 0 Å². The first-order valence-electron chi connectivity index (χ1n) is 5.15. The molecule has 0 bridgehead atoms. The van der Waals surface area contributed by atoms with Crippen LogP contribution in [0.15, 0.2) is 18.2 Å². The van der Waals surface area contributed by atoms with Gasteiger partial charge in [-0.2, -0.15) is 0 Å². The van der Waals surface area contributed by atoms with Crippen LogP contribution in [-0.4, -0.2) is 11.3 Å². The average Bonchev–Trinajstić information content (AvgIpc) is 2.68. The molecule has 0 radical (unpaired) electrons. The first kappa shape index (κ1) is 10.3. The largest absolute Gasteiger partial charge is 0.303 e. The summed E-state index contributed by atoms with van der Waals surface area (Å²) >= 11 is 1.75. The number of aldehydes is 1. The van der Waals surface area contributed by atoms with Crippen molar-refractivity contribution in [2.75, 3.05) is 0 Å². The predicted octanol–water partition coefficient (Wildman–Crippen LogP) is 2.99. The summed E-state index contributed by atoms with van der Waals surface area (Å²) < 4.78 is 1.23. The van der Waals surface area contributed by atoms with Gasteiger partial charge in [-0.05, 0) is 30.5 Å². The fraction of sp³-hybridized carbons (Fsp3) is 0.333. The van der Waals surface area contributed by atoms with Gasteiger partial charge in [0.2, 0.25) is 0 Å². The van der Waals surface area contributed by atoms with E-state index in [1.54, 1.807) is 11.3 Å². The highest BCUT2D eigenvalue weighted by Gasteiger charge is 2.02. The molecule has 1 aromatic heterocycles. The Morgan fingerprint density at radius 1 is 1.47 bits per heavy atom. The molecule has 2 rings (SSSR count). The van der Waals surface area contributed by atoms with Crippen LogP contribution >= 0.6 is 11.3 Å². The third-order valence-electron chi connectivity index (χ3n) is 2.35. The summed E-state index contributed by atoms with van der Waals surface area (Å²) in [5.74, 6) is 0. The maximum absolute atomic E-state index is 10.3. The van der Waals surface area contributed by atoms with Gasteiger partial charge >= 0.3 is 0 Å². The highest BCUT2D eigenvalue weighted by molar-refractivity contribution is 7.18. The molecule has 0 aliphatic carbocycles. The van der Waals surface area contributed by atoms with Gasteiger partial charge in [0.25, 0.3) is 0 Å². The van der Waals surface area contributed by atoms with Crippen molar-refractivity contribution in [3.05, 3.63) is 28.8 Å². The second-order valence-electron chi connectivity index (χ2n) is 3.47. The van der Waals surface area contributed by atoms with Crippen molar-refractivity contribution in [1.29, 1.82) is 0 Å². The number of carbonyl (C=O) groups excluding carboxylic acids is 1. The normalized spacial score (nSPS) is 10.7. The lowest BCUT2D eigenvalue weighted by Gasteiger charge is -1.96. The van der Waals surface area contributed by atoms with Crippen LogP contribution in [-0.2, 0) is 17.6 Å². The number of benzene rings is 1. The molecule has 2 aromatic rings. The van der Waals surface area contributed by atoms with Crippen LogP contribution in [0.4, 0.5) is 0 Å². The lowest BCUT2D eigenvalue weighted by molar-refractivity contribution is -0.107. The van der Waals surface area contributed by atoms with E-state index in [9.17, 15) is 4.79 Å². The summed E-state index contributed by atoms with van der Waals surface area (Å²) in [6, 6.07) is 6.26. The van der Waals surface area contributed by atoms with Crippen LogP contribution < -0.4 is 0 Å². The molecule has 1 aromatic carbocycles. The lowest BCUT2D eigenvalue weighted by Crippen LogP contribution is -1.84. The van der Waals surface area contributed by atoms with Crippen molar-refractivity contribution in [1.82, 2.24) is 4.98 Å². The van der Waals surface area contributed by atoms with Crippen LogP contribution in [0.1, 0.15) is 23.9 Å². The summed E-state index contributed by atoms with van der Waals surface area (Å²) in [6.45, 7) is 2.12. The van der Waals surface area contributed by atoms with Crippen molar-refractivity contribution >= 4 is 27.8 Å². The third-order valence-corrected chi connectivity index (χ3v) is 3.51. The quantitative estimate of drug-likeness (QED) is 0.740. The molecule has 0 saturated heterocycles. The summed E-state index contributed by atoms with van der Waals surface area (Å²) in [5.41, 5.74) is 2.30. The van der Waals surface area contributed by atoms with Crippen molar-refractivity contribution < 1.29 is 4.79 Å². The number of aryl methyl sites for hydroxylation is 2. The van der Waals surface area contributed by atoms with Gasteiger partial charge in [0.05, 0.1) is 15.2 Å². The molecule has 0 aliphatic heterocycles. The zero-order valence-electron chi connectivity index (χ0n) is 8.69. The molecule has 0 unspecified atom stereocenters. The maximum atomic E-state index is 10.3. The van der Waals surface area contributed by atoms with Gasteiger partial charge in [-0.25, -0.2) is 4.98 Å². The summed E-state index contributed by atoms with van der Waals surface area (Å²) in [6.07, 6.45) is 3.39. The van der Waals surface area contributed by atoms with E-state index in [0.29, 0.717) is 6.42 Å². The maximum Gasteiger partial charge on any atom is 0.120 e. The number of hydrogen-bond acceptors (Lipinski definition) is 3. The molecule has 15 heavy (non-hydrogen) atoms. The second kappa shape index (κ2) is 4.53. The number of rotatable bonds is 4. The summed E-state index contributed by atoms with van der Waals surface area (Å²) in [7, 11) is 0. The van der Waals surface area contributed by atoms with E-state index < -0.39 is 0 Å². The van der Waals surface area contributed by atoms with Crippen LogP contribution in [0.3, 0.4) is 0 Å². The zero-order valence-corrected chi connectivity index (χ0v) is 9.51. The van der Waals surface area contributed by atoms with E-state index in [0.717, 1.165) is 24.6 Å². The van der Waals surface area contributed by atoms with E-state index in [-0.39, 0.29) is 0 Å². The topological polar surface area (TPSA) is 30.0 Å². The molecule has 0 fully saturated rings. The number of nitrogens with zero attached hydrogens (tertiary/aromatic N) is 1. The van der Waals surface area contributed by atoms with E-state index in [4.69, 9.17) is 0 Å². The predicted molar refractivity (Wildman–Crippen MR) is 63.4 cm³/mol. The number of aromatic nitrogens is 1. The molecular formula is C12H13NOS. The highest BCUT2D eigenvalue weighted by Crippen LogP contribution is 2.23. The van der Waals surface area contributed by atoms with E-state index in [2.05, 4.69) is 24.0 Å². The van der Waals surface area contributed by atoms with Crippen LogP contribution in [0, 0.1) is 0 Å². The third kappa shape index (κ3) is 2.23. The molecule has 0 amide bonds. The molecular weight excluding hydrogens is 206 g/mol. The van der Waals surface area contributed by atoms with Gasteiger partial charge < -0.3 is 4.79 Å². The molecule has 0 saturated carbocycles. The van der Waals surface area contributed by atoms with Crippen molar-refractivity contribution in [3.63, 3.8) is 0 Å². The number of thiazole rings is 1. The minimum Gasteiger partial charge on any atom is -0.303 e. The molecule has 0 aliphatic rings. The fourth-order valence-corrected chi connectivity index (χ4v) is 2.52. The smallest absolute Gasteiger partial charge is 0.120 e. The average molecular weight is 219 g/mol. The number of hydrogen-bond donors (Lipinski definition) is 0. The summed E-state index contributed by atoms with van der Waals surface area (Å²) in [4.78, 5) is 14.8. The Morgan fingerprint density at radius 3 is 3.07 bits per heavy atom. The van der Waals surface area contributed by atoms with Gasteiger partial charge in [-0.15, -0.1) is 11.3 Å². The van der Waals surface area contributed by atoms with E-state index in [1.807, 2.05) is 6.07 Å². The zero-order chi connectivity index (χ0) is 10.7. The SMILES string of the molecule is CCc1nc2ccc(CCC=O)cc2s1. The Hall–Kier alpha value is -1.22. The molecule has 0 spiro atoms. The molecule has 3 heteroatoms. The van der Waals surface area contributed by atoms with Crippen LogP contribution in [0.5, 0.6) is 0 Å². The molecule has 0 atom stereocenters. The Morgan fingerprint density at radius 2 is 2.33 bits per heavy atom. The van der Waals surface area contributed by atoms with Crippen molar-refractivity contribution in [2.24, 2.45) is 0 Å². The first-order chi connectivity index (χ1) is 7.33. The number of fused-ring (bicyclic) bond motifs is 1. The van der Waals surface area contributed by atoms with E-state index >= 15 is 0 Å². The lowest BCUT2D eigenvalue weighted by atomic mass is 10.1. The summed E-state index contributed by atoms with van der Waals surface area (Å²) in [5, 5.41) is 1.18. The van der Waals surface area contributed by atoms with Gasteiger partial charge in [0.15, 0.2) is 0 Å². The number of carbonyl (C=O) groups is 1. The molecule has 1 heterocycles. The van der Waals surface area contributed by atoms with Gasteiger partial charge in [0, 0.05) is 6.42 Å². The molecule has 78 valence electrons. The highest BCUT2D eigenvalue weighted by atomic mass is 32.1. The minimum absolute atomic E-state index is 0.602. The monoisotopic (exact) mass is 219 g/mol. The Labute approximate surface area is 93.0 Å². The first-order valence-corrected chi connectivity index (χ1v) is 5.97. The minimum atomic E-state index is 0.602. The Kier molecular flexibility index (Phi) is 3.11. The Balaban J connectivity index is 2.32. The standard InChI is InChI=1S/C12H13NOS/c1-2-12-13-10-6-5-9(4-3-7-14)8-11(10)15-12/h5-8H,2-4H2,1H3.